The van der Waals surface area contributed by atoms with Gasteiger partial charge < -0.3 is 5.32 Å². The summed E-state index contributed by atoms with van der Waals surface area (Å²) in [6.45, 7) is 4.89. The van der Waals surface area contributed by atoms with E-state index < -0.39 is 0 Å². The zero-order chi connectivity index (χ0) is 25.2. The van der Waals surface area contributed by atoms with E-state index in [4.69, 9.17) is 4.98 Å². The molecule has 1 heterocycles. The number of unbranched alkanes of at least 4 members (excludes halogenated alkanes) is 1. The minimum absolute atomic E-state index is 0.107. The number of amides is 1. The number of nitrogens with one attached hydrogen (secondary N) is 1. The Bertz CT molecular complexity index is 1220. The molecule has 0 bridgehead atoms. The van der Waals surface area contributed by atoms with Gasteiger partial charge in [0.15, 0.2) is 5.16 Å². The Hall–Kier alpha value is -3.31. The second-order valence-corrected chi connectivity index (χ2v) is 9.94. The lowest BCUT2D eigenvalue weighted by atomic mass is 9.98. The van der Waals surface area contributed by atoms with E-state index >= 15 is 0 Å². The summed E-state index contributed by atoms with van der Waals surface area (Å²) < 4.78 is 2.25. The van der Waals surface area contributed by atoms with E-state index in [9.17, 15) is 4.79 Å². The molecule has 0 fully saturated rings. The fourth-order valence-electron chi connectivity index (χ4n) is 4.40. The van der Waals surface area contributed by atoms with Crippen LogP contribution in [0.4, 0.5) is 0 Å². The highest BCUT2D eigenvalue weighted by Gasteiger charge is 2.22. The van der Waals surface area contributed by atoms with E-state index in [1.54, 1.807) is 11.8 Å². The van der Waals surface area contributed by atoms with Crippen LogP contribution in [0.3, 0.4) is 0 Å². The van der Waals surface area contributed by atoms with Crippen molar-refractivity contribution in [2.75, 3.05) is 12.3 Å². The lowest BCUT2D eigenvalue weighted by molar-refractivity contribution is -0.125. The molecule has 0 aliphatic heterocycles. The van der Waals surface area contributed by atoms with Crippen molar-refractivity contribution in [1.29, 1.82) is 0 Å². The van der Waals surface area contributed by atoms with Gasteiger partial charge in [-0.3, -0.25) is 9.36 Å². The third-order valence-corrected chi connectivity index (χ3v) is 7.30. The zero-order valence-corrected chi connectivity index (χ0v) is 22.0. The van der Waals surface area contributed by atoms with Crippen LogP contribution in [0.25, 0.3) is 28.2 Å². The molecule has 0 saturated heterocycles. The largest absolute Gasteiger partial charge is 0.355 e. The maximum atomic E-state index is 12.7. The second-order valence-electron chi connectivity index (χ2n) is 8.88. The molecule has 1 N–H and O–H groups in total. The molecule has 1 unspecified atom stereocenters. The van der Waals surface area contributed by atoms with E-state index in [2.05, 4.69) is 96.5 Å². The van der Waals surface area contributed by atoms with Gasteiger partial charge in [0.2, 0.25) is 5.91 Å². The maximum absolute atomic E-state index is 12.7. The van der Waals surface area contributed by atoms with E-state index in [0.29, 0.717) is 6.54 Å². The smallest absolute Gasteiger partial charge is 0.223 e. The lowest BCUT2D eigenvalue weighted by Crippen LogP contribution is -2.32. The molecule has 3 aromatic carbocycles. The number of carbonyl (C=O) groups is 1. The van der Waals surface area contributed by atoms with E-state index in [1.807, 2.05) is 18.2 Å². The van der Waals surface area contributed by atoms with Crippen molar-refractivity contribution in [3.05, 3.63) is 91.0 Å². The molecule has 0 spiro atoms. The molecule has 5 heteroatoms. The molecule has 0 aliphatic carbocycles. The van der Waals surface area contributed by atoms with Crippen LogP contribution in [-0.4, -0.2) is 27.8 Å². The SMILES string of the molecule is CCCCC(CC)C(=O)NCCSc1nc(-c2ccccc2)c(-c2ccccc2)n1-c1ccccc1. The van der Waals surface area contributed by atoms with Gasteiger partial charge in [-0.05, 0) is 25.0 Å². The van der Waals surface area contributed by atoms with Gasteiger partial charge in [-0.2, -0.15) is 0 Å². The number of para-hydroxylation sites is 1. The molecule has 0 aliphatic rings. The molecule has 0 saturated carbocycles. The molecule has 4 rings (SSSR count). The number of rotatable bonds is 12. The van der Waals surface area contributed by atoms with Gasteiger partial charge in [-0.15, -0.1) is 0 Å². The first-order valence-electron chi connectivity index (χ1n) is 12.9. The molecular weight excluding hydrogens is 462 g/mol. The second kappa shape index (κ2) is 13.1. The summed E-state index contributed by atoms with van der Waals surface area (Å²) in [5.41, 5.74) is 5.31. The molecule has 186 valence electrons. The Morgan fingerprint density at radius 1 is 0.889 bits per heavy atom. The Morgan fingerprint density at radius 3 is 2.11 bits per heavy atom. The lowest BCUT2D eigenvalue weighted by Gasteiger charge is -2.15. The van der Waals surface area contributed by atoms with Gasteiger partial charge in [0.05, 0.1) is 11.4 Å². The first-order chi connectivity index (χ1) is 17.7. The van der Waals surface area contributed by atoms with E-state index in [0.717, 1.165) is 64.8 Å². The molecule has 1 atom stereocenters. The van der Waals surface area contributed by atoms with Crippen molar-refractivity contribution < 1.29 is 4.79 Å². The van der Waals surface area contributed by atoms with Crippen LogP contribution in [0.5, 0.6) is 0 Å². The van der Waals surface area contributed by atoms with E-state index in [1.165, 1.54) is 0 Å². The summed E-state index contributed by atoms with van der Waals surface area (Å²) in [4.78, 5) is 17.8. The fourth-order valence-corrected chi connectivity index (χ4v) is 5.27. The molecule has 1 aromatic heterocycles. The van der Waals surface area contributed by atoms with Crippen LogP contribution in [0.1, 0.15) is 39.5 Å². The van der Waals surface area contributed by atoms with Crippen LogP contribution >= 0.6 is 11.8 Å². The summed E-state index contributed by atoms with van der Waals surface area (Å²) in [7, 11) is 0. The Balaban J connectivity index is 1.64. The minimum atomic E-state index is 0.107. The predicted molar refractivity (Wildman–Crippen MR) is 151 cm³/mol. The number of hydrogen-bond acceptors (Lipinski definition) is 3. The van der Waals surface area contributed by atoms with Crippen molar-refractivity contribution >= 4 is 17.7 Å². The first-order valence-corrected chi connectivity index (χ1v) is 13.9. The normalized spacial score (nSPS) is 11.8. The zero-order valence-electron chi connectivity index (χ0n) is 21.2. The third kappa shape index (κ3) is 6.27. The number of carbonyl (C=O) groups excluding carboxylic acids is 1. The minimum Gasteiger partial charge on any atom is -0.355 e. The number of hydrogen-bond donors (Lipinski definition) is 1. The number of imidazole rings is 1. The summed E-state index contributed by atoms with van der Waals surface area (Å²) in [5.74, 6) is 1.03. The van der Waals surface area contributed by atoms with Crippen LogP contribution in [-0.2, 0) is 4.79 Å². The van der Waals surface area contributed by atoms with Gasteiger partial charge in [-0.25, -0.2) is 4.98 Å². The molecule has 4 nitrogen and oxygen atoms in total. The number of thioether (sulfide) groups is 1. The third-order valence-electron chi connectivity index (χ3n) is 6.36. The average molecular weight is 498 g/mol. The fraction of sp³-hybridized carbons (Fsp3) is 0.290. The first kappa shape index (κ1) is 25.8. The summed E-state index contributed by atoms with van der Waals surface area (Å²) in [5, 5.41) is 4.08. The standard InChI is InChI=1S/C31H35N3OS/c1-3-5-15-24(4-2)30(35)32-22-23-36-31-33-28(25-16-9-6-10-17-25)29(26-18-11-7-12-19-26)34(31)27-20-13-8-14-21-27/h6-14,16-21,24H,3-5,15,22-23H2,1-2H3,(H,32,35). The van der Waals surface area contributed by atoms with E-state index in [-0.39, 0.29) is 11.8 Å². The van der Waals surface area contributed by atoms with Crippen LogP contribution in [0.15, 0.2) is 96.2 Å². The molecule has 4 aromatic rings. The topological polar surface area (TPSA) is 46.9 Å². The molecule has 1 amide bonds. The highest BCUT2D eigenvalue weighted by atomic mass is 32.2. The molecule has 36 heavy (non-hydrogen) atoms. The maximum Gasteiger partial charge on any atom is 0.223 e. The molecule has 0 radical (unpaired) electrons. The Morgan fingerprint density at radius 2 is 1.50 bits per heavy atom. The summed E-state index contributed by atoms with van der Waals surface area (Å²) in [6, 6.07) is 31.2. The highest BCUT2D eigenvalue weighted by Crippen LogP contribution is 2.38. The predicted octanol–water partition coefficient (Wildman–Crippen LogP) is 7.63. The van der Waals surface area contributed by atoms with Crippen molar-refractivity contribution in [1.82, 2.24) is 14.9 Å². The van der Waals surface area contributed by atoms with Gasteiger partial charge >= 0.3 is 0 Å². The van der Waals surface area contributed by atoms with Crippen LogP contribution < -0.4 is 5.32 Å². The quantitative estimate of drug-likeness (QED) is 0.162. The van der Waals surface area contributed by atoms with Crippen LogP contribution in [0, 0.1) is 5.92 Å². The van der Waals surface area contributed by atoms with Gasteiger partial charge in [0, 0.05) is 35.0 Å². The monoisotopic (exact) mass is 497 g/mol. The number of benzene rings is 3. The summed E-state index contributed by atoms with van der Waals surface area (Å²) >= 11 is 1.68. The van der Waals surface area contributed by atoms with Crippen molar-refractivity contribution in [2.45, 2.75) is 44.7 Å². The van der Waals surface area contributed by atoms with Crippen LogP contribution in [0.2, 0.25) is 0 Å². The summed E-state index contributed by atoms with van der Waals surface area (Å²) in [6.07, 6.45) is 4.07. The average Bonchev–Trinajstić information content (AvgIpc) is 3.32. The van der Waals surface area contributed by atoms with Crippen molar-refractivity contribution in [3.63, 3.8) is 0 Å². The van der Waals surface area contributed by atoms with Gasteiger partial charge in [-0.1, -0.05) is 117 Å². The number of nitrogens with zero attached hydrogens (tertiary/aromatic N) is 2. The van der Waals surface area contributed by atoms with Gasteiger partial charge in [0.1, 0.15) is 0 Å². The van der Waals surface area contributed by atoms with Gasteiger partial charge in [0.25, 0.3) is 0 Å². The Kier molecular flexibility index (Phi) is 9.40. The number of aromatic nitrogens is 2. The van der Waals surface area contributed by atoms with Crippen molar-refractivity contribution in [3.8, 4) is 28.2 Å². The Labute approximate surface area is 219 Å². The van der Waals surface area contributed by atoms with Crippen molar-refractivity contribution in [2.24, 2.45) is 5.92 Å². The highest BCUT2D eigenvalue weighted by molar-refractivity contribution is 7.99. The molecular formula is C31H35N3OS.